The average Bonchev–Trinajstić information content (AvgIpc) is 2.55. The lowest BCUT2D eigenvalue weighted by Gasteiger charge is -2.37. The average molecular weight is 365 g/mol. The second-order valence-corrected chi connectivity index (χ2v) is 8.11. The molecule has 25 heavy (non-hydrogen) atoms. The summed E-state index contributed by atoms with van der Waals surface area (Å²) in [7, 11) is 0. The number of thioether (sulfide) groups is 1. The molecule has 1 fully saturated rings. The summed E-state index contributed by atoms with van der Waals surface area (Å²) >= 11 is 1.77. The monoisotopic (exact) mass is 365 g/mol. The Bertz CT molecular complexity index is 589. The van der Waals surface area contributed by atoms with Gasteiger partial charge in [-0.15, -0.1) is 0 Å². The third-order valence-electron chi connectivity index (χ3n) is 3.84. The molecule has 0 bridgehead atoms. The van der Waals surface area contributed by atoms with E-state index in [1.54, 1.807) is 34.0 Å². The van der Waals surface area contributed by atoms with E-state index in [1.165, 1.54) is 0 Å². The maximum absolute atomic E-state index is 12.8. The molecule has 1 unspecified atom stereocenters. The number of hydrogen-bond donors (Lipinski definition) is 0. The fourth-order valence-corrected chi connectivity index (χ4v) is 3.78. The van der Waals surface area contributed by atoms with Crippen LogP contribution in [0.3, 0.4) is 0 Å². The zero-order valence-electron chi connectivity index (χ0n) is 15.4. The van der Waals surface area contributed by atoms with Gasteiger partial charge in [0, 0.05) is 37.2 Å². The summed E-state index contributed by atoms with van der Waals surface area (Å²) in [5.41, 5.74) is 0.240. The summed E-state index contributed by atoms with van der Waals surface area (Å²) in [6, 6.07) is 3.54. The van der Waals surface area contributed by atoms with Gasteiger partial charge in [-0.05, 0) is 39.8 Å². The Morgan fingerprint density at radius 2 is 2.20 bits per heavy atom. The van der Waals surface area contributed by atoms with Crippen LogP contribution < -0.4 is 4.90 Å². The molecule has 1 saturated heterocycles. The van der Waals surface area contributed by atoms with E-state index in [-0.39, 0.29) is 24.5 Å². The molecule has 0 N–H and O–H groups in total. The normalized spacial score (nSPS) is 17.9. The van der Waals surface area contributed by atoms with Crippen molar-refractivity contribution in [2.75, 3.05) is 29.5 Å². The quantitative estimate of drug-likeness (QED) is 0.820. The van der Waals surface area contributed by atoms with Crippen molar-refractivity contribution in [3.8, 4) is 0 Å². The Morgan fingerprint density at radius 1 is 1.44 bits per heavy atom. The van der Waals surface area contributed by atoms with E-state index < -0.39 is 5.60 Å². The van der Waals surface area contributed by atoms with Crippen LogP contribution in [0.25, 0.3) is 0 Å². The van der Waals surface area contributed by atoms with Crippen LogP contribution in [0, 0.1) is 0 Å². The number of pyridine rings is 1. The SMILES string of the molecule is CCN(C(=O)CC1CSCCN1C(=O)OC(C)(C)C)c1cccnc1. The molecule has 2 rings (SSSR count). The van der Waals surface area contributed by atoms with E-state index in [9.17, 15) is 9.59 Å². The molecule has 138 valence electrons. The summed E-state index contributed by atoms with van der Waals surface area (Å²) in [4.78, 5) is 32.8. The Labute approximate surface area is 153 Å². The zero-order chi connectivity index (χ0) is 18.4. The summed E-state index contributed by atoms with van der Waals surface area (Å²) in [6.45, 7) is 8.67. The predicted octanol–water partition coefficient (Wildman–Crippen LogP) is 3.18. The molecule has 1 aromatic heterocycles. The lowest BCUT2D eigenvalue weighted by atomic mass is 10.1. The number of rotatable bonds is 4. The van der Waals surface area contributed by atoms with E-state index in [0.717, 1.165) is 17.2 Å². The van der Waals surface area contributed by atoms with Gasteiger partial charge in [-0.1, -0.05) is 0 Å². The highest BCUT2D eigenvalue weighted by Crippen LogP contribution is 2.23. The molecule has 7 heteroatoms. The standard InChI is InChI=1S/C18H27N3O3S/c1-5-20(14-7-6-8-19-12-14)16(22)11-15-13-25-10-9-21(15)17(23)24-18(2,3)4/h6-8,12,15H,5,9-11,13H2,1-4H3. The highest BCUT2D eigenvalue weighted by molar-refractivity contribution is 7.99. The number of anilines is 1. The van der Waals surface area contributed by atoms with Gasteiger partial charge >= 0.3 is 6.09 Å². The first-order chi connectivity index (χ1) is 11.8. The number of hydrogen-bond acceptors (Lipinski definition) is 5. The maximum Gasteiger partial charge on any atom is 0.410 e. The van der Waals surface area contributed by atoms with Crippen molar-refractivity contribution >= 4 is 29.4 Å². The van der Waals surface area contributed by atoms with Gasteiger partial charge < -0.3 is 14.5 Å². The van der Waals surface area contributed by atoms with Crippen LogP contribution in [0.2, 0.25) is 0 Å². The number of amides is 2. The summed E-state index contributed by atoms with van der Waals surface area (Å²) in [5, 5.41) is 0. The van der Waals surface area contributed by atoms with Gasteiger partial charge in [0.25, 0.3) is 0 Å². The summed E-state index contributed by atoms with van der Waals surface area (Å²) < 4.78 is 5.50. The molecule has 1 aliphatic heterocycles. The van der Waals surface area contributed by atoms with E-state index in [1.807, 2.05) is 39.8 Å². The highest BCUT2D eigenvalue weighted by atomic mass is 32.2. The maximum atomic E-state index is 12.8. The zero-order valence-corrected chi connectivity index (χ0v) is 16.2. The molecule has 0 spiro atoms. The number of nitrogens with zero attached hydrogens (tertiary/aromatic N) is 3. The van der Waals surface area contributed by atoms with Crippen molar-refractivity contribution in [1.29, 1.82) is 0 Å². The number of aromatic nitrogens is 1. The Morgan fingerprint density at radius 3 is 2.80 bits per heavy atom. The lowest BCUT2D eigenvalue weighted by Crippen LogP contribution is -2.50. The fourth-order valence-electron chi connectivity index (χ4n) is 2.71. The first-order valence-electron chi connectivity index (χ1n) is 8.59. The van der Waals surface area contributed by atoms with E-state index >= 15 is 0 Å². The van der Waals surface area contributed by atoms with Gasteiger partial charge in [-0.3, -0.25) is 9.78 Å². The molecule has 0 aromatic carbocycles. The van der Waals surface area contributed by atoms with Crippen LogP contribution in [-0.4, -0.2) is 58.1 Å². The number of carbonyl (C=O) groups excluding carboxylic acids is 2. The van der Waals surface area contributed by atoms with Crippen molar-refractivity contribution in [2.24, 2.45) is 0 Å². The van der Waals surface area contributed by atoms with Crippen LogP contribution in [0.4, 0.5) is 10.5 Å². The molecule has 0 aliphatic carbocycles. The predicted molar refractivity (Wildman–Crippen MR) is 101 cm³/mol. The molecule has 6 nitrogen and oxygen atoms in total. The van der Waals surface area contributed by atoms with Gasteiger partial charge in [0.2, 0.25) is 5.91 Å². The summed E-state index contributed by atoms with van der Waals surface area (Å²) in [6.07, 6.45) is 3.32. The first-order valence-corrected chi connectivity index (χ1v) is 9.75. The third-order valence-corrected chi connectivity index (χ3v) is 4.93. The minimum Gasteiger partial charge on any atom is -0.444 e. The topological polar surface area (TPSA) is 62.7 Å². The van der Waals surface area contributed by atoms with Gasteiger partial charge in [0.1, 0.15) is 5.60 Å². The van der Waals surface area contributed by atoms with Crippen LogP contribution in [0.5, 0.6) is 0 Å². The first kappa shape index (κ1) is 19.6. The Hall–Kier alpha value is -1.76. The van der Waals surface area contributed by atoms with Gasteiger partial charge in [-0.25, -0.2) is 4.79 Å². The smallest absolute Gasteiger partial charge is 0.410 e. The molecular formula is C18H27N3O3S. The van der Waals surface area contributed by atoms with E-state index in [0.29, 0.717) is 13.1 Å². The summed E-state index contributed by atoms with van der Waals surface area (Å²) in [5.74, 6) is 1.61. The van der Waals surface area contributed by atoms with Crippen molar-refractivity contribution < 1.29 is 14.3 Å². The number of ether oxygens (including phenoxy) is 1. The lowest BCUT2D eigenvalue weighted by molar-refractivity contribution is -0.119. The van der Waals surface area contributed by atoms with Crippen LogP contribution in [0.1, 0.15) is 34.1 Å². The van der Waals surface area contributed by atoms with Crippen molar-refractivity contribution in [3.05, 3.63) is 24.5 Å². The van der Waals surface area contributed by atoms with Crippen LogP contribution in [0.15, 0.2) is 24.5 Å². The fraction of sp³-hybridized carbons (Fsp3) is 0.611. The third kappa shape index (κ3) is 5.63. The van der Waals surface area contributed by atoms with Crippen LogP contribution >= 0.6 is 11.8 Å². The van der Waals surface area contributed by atoms with Gasteiger partial charge in [0.15, 0.2) is 0 Å². The van der Waals surface area contributed by atoms with E-state index in [2.05, 4.69) is 4.98 Å². The minimum absolute atomic E-state index is 0.00319. The molecule has 1 aliphatic rings. The number of carbonyl (C=O) groups is 2. The molecular weight excluding hydrogens is 338 g/mol. The van der Waals surface area contributed by atoms with Crippen molar-refractivity contribution in [2.45, 2.75) is 45.8 Å². The van der Waals surface area contributed by atoms with Crippen molar-refractivity contribution in [3.63, 3.8) is 0 Å². The largest absolute Gasteiger partial charge is 0.444 e. The molecule has 0 saturated carbocycles. The van der Waals surface area contributed by atoms with E-state index in [4.69, 9.17) is 4.74 Å². The van der Waals surface area contributed by atoms with Gasteiger partial charge in [0.05, 0.1) is 17.9 Å². The molecule has 1 aromatic rings. The molecule has 2 heterocycles. The van der Waals surface area contributed by atoms with Crippen molar-refractivity contribution in [1.82, 2.24) is 9.88 Å². The molecule has 0 radical (unpaired) electrons. The van der Waals surface area contributed by atoms with Crippen LogP contribution in [-0.2, 0) is 9.53 Å². The highest BCUT2D eigenvalue weighted by Gasteiger charge is 2.33. The Balaban J connectivity index is 2.07. The second kappa shape index (κ2) is 8.56. The molecule has 1 atom stereocenters. The minimum atomic E-state index is -0.540. The Kier molecular flexibility index (Phi) is 6.70. The molecule has 2 amide bonds. The van der Waals surface area contributed by atoms with Gasteiger partial charge in [-0.2, -0.15) is 11.8 Å². The second-order valence-electron chi connectivity index (χ2n) is 6.96.